The maximum absolute atomic E-state index is 9.51. The van der Waals surface area contributed by atoms with Crippen LogP contribution in [0.5, 0.6) is 0 Å². The highest BCUT2D eigenvalue weighted by Gasteiger charge is 2.21. The molecule has 1 aromatic heterocycles. The van der Waals surface area contributed by atoms with E-state index < -0.39 is 6.10 Å². The molecule has 1 aliphatic carbocycles. The van der Waals surface area contributed by atoms with E-state index in [-0.39, 0.29) is 6.61 Å². The molecule has 4 nitrogen and oxygen atoms in total. The average Bonchev–Trinajstić information content (AvgIpc) is 2.46. The predicted octanol–water partition coefficient (Wildman–Crippen LogP) is 2.27. The van der Waals surface area contributed by atoms with Gasteiger partial charge >= 0.3 is 0 Å². The molecule has 106 valence electrons. The van der Waals surface area contributed by atoms with E-state index in [1.165, 1.54) is 32.1 Å². The van der Waals surface area contributed by atoms with E-state index in [0.717, 1.165) is 11.4 Å². The number of rotatable bonds is 5. The van der Waals surface area contributed by atoms with Crippen LogP contribution in [0.2, 0.25) is 0 Å². The van der Waals surface area contributed by atoms with Crippen molar-refractivity contribution in [3.8, 4) is 0 Å². The average molecular weight is 264 g/mol. The summed E-state index contributed by atoms with van der Waals surface area (Å²) in [5.41, 5.74) is 0.830. The first-order valence-electron chi connectivity index (χ1n) is 7.24. The van der Waals surface area contributed by atoms with Gasteiger partial charge in [-0.1, -0.05) is 25.3 Å². The van der Waals surface area contributed by atoms with E-state index in [2.05, 4.69) is 9.88 Å². The zero-order valence-electron chi connectivity index (χ0n) is 11.6. The van der Waals surface area contributed by atoms with E-state index in [0.29, 0.717) is 12.6 Å². The van der Waals surface area contributed by atoms with Gasteiger partial charge in [-0.3, -0.25) is 0 Å². The molecule has 0 spiro atoms. The standard InChI is InChI=1S/C15H24N2O2/c1-12(19)13-7-8-15(16-11-13)17(9-10-18)14-5-3-2-4-6-14/h7-8,11-12,14,18-19H,2-6,9-10H2,1H3. The molecule has 1 aliphatic rings. The lowest BCUT2D eigenvalue weighted by Crippen LogP contribution is -2.39. The molecule has 1 heterocycles. The normalized spacial score (nSPS) is 18.3. The van der Waals surface area contributed by atoms with Crippen molar-refractivity contribution in [3.05, 3.63) is 23.9 Å². The molecule has 1 fully saturated rings. The van der Waals surface area contributed by atoms with Gasteiger partial charge < -0.3 is 15.1 Å². The van der Waals surface area contributed by atoms with Gasteiger partial charge in [-0.05, 0) is 31.4 Å². The van der Waals surface area contributed by atoms with Crippen LogP contribution >= 0.6 is 0 Å². The molecule has 19 heavy (non-hydrogen) atoms. The Labute approximate surface area is 115 Å². The van der Waals surface area contributed by atoms with Gasteiger partial charge in [-0.25, -0.2) is 4.98 Å². The fourth-order valence-electron chi connectivity index (χ4n) is 2.80. The summed E-state index contributed by atoms with van der Waals surface area (Å²) < 4.78 is 0. The molecule has 1 atom stereocenters. The number of hydrogen-bond donors (Lipinski definition) is 2. The summed E-state index contributed by atoms with van der Waals surface area (Å²) in [6, 6.07) is 4.36. The summed E-state index contributed by atoms with van der Waals surface area (Å²) in [4.78, 5) is 6.66. The van der Waals surface area contributed by atoms with Crippen molar-refractivity contribution in [1.82, 2.24) is 4.98 Å². The summed E-state index contributed by atoms with van der Waals surface area (Å²) >= 11 is 0. The molecule has 0 amide bonds. The molecule has 2 rings (SSSR count). The fraction of sp³-hybridized carbons (Fsp3) is 0.667. The van der Waals surface area contributed by atoms with Crippen LogP contribution in [0, 0.1) is 0 Å². The zero-order chi connectivity index (χ0) is 13.7. The summed E-state index contributed by atoms with van der Waals surface area (Å²) in [5.74, 6) is 0.908. The minimum atomic E-state index is -0.484. The highest BCUT2D eigenvalue weighted by atomic mass is 16.3. The molecular formula is C15H24N2O2. The van der Waals surface area contributed by atoms with Crippen molar-refractivity contribution in [3.63, 3.8) is 0 Å². The first-order chi connectivity index (χ1) is 9.22. The second-order valence-corrected chi connectivity index (χ2v) is 5.33. The van der Waals surface area contributed by atoms with Crippen LogP contribution in [0.25, 0.3) is 0 Å². The third-order valence-corrected chi connectivity index (χ3v) is 3.90. The Morgan fingerprint density at radius 3 is 2.58 bits per heavy atom. The monoisotopic (exact) mass is 264 g/mol. The largest absolute Gasteiger partial charge is 0.395 e. The highest BCUT2D eigenvalue weighted by molar-refractivity contribution is 5.41. The van der Waals surface area contributed by atoms with Crippen LogP contribution in [0.15, 0.2) is 18.3 Å². The lowest BCUT2D eigenvalue weighted by atomic mass is 9.94. The number of aliphatic hydroxyl groups is 2. The van der Waals surface area contributed by atoms with Crippen LogP contribution in [0.4, 0.5) is 5.82 Å². The fourth-order valence-corrected chi connectivity index (χ4v) is 2.80. The van der Waals surface area contributed by atoms with E-state index >= 15 is 0 Å². The minimum absolute atomic E-state index is 0.149. The first-order valence-corrected chi connectivity index (χ1v) is 7.24. The molecule has 0 bridgehead atoms. The van der Waals surface area contributed by atoms with E-state index in [1.807, 2.05) is 12.1 Å². The van der Waals surface area contributed by atoms with E-state index in [4.69, 9.17) is 0 Å². The van der Waals surface area contributed by atoms with Gasteiger partial charge in [0.25, 0.3) is 0 Å². The first kappa shape index (κ1) is 14.3. The van der Waals surface area contributed by atoms with Crippen molar-refractivity contribution in [2.75, 3.05) is 18.1 Å². The Morgan fingerprint density at radius 2 is 2.05 bits per heavy atom. The maximum Gasteiger partial charge on any atom is 0.128 e. The Morgan fingerprint density at radius 1 is 1.32 bits per heavy atom. The number of aromatic nitrogens is 1. The van der Waals surface area contributed by atoms with E-state index in [9.17, 15) is 10.2 Å². The SMILES string of the molecule is CC(O)c1ccc(N(CCO)C2CCCCC2)nc1. The summed E-state index contributed by atoms with van der Waals surface area (Å²) in [5, 5.41) is 18.8. The Bertz CT molecular complexity index is 372. The van der Waals surface area contributed by atoms with Crippen molar-refractivity contribution in [2.45, 2.75) is 51.2 Å². The van der Waals surface area contributed by atoms with Gasteiger partial charge in [0, 0.05) is 18.8 Å². The van der Waals surface area contributed by atoms with Gasteiger partial charge in [0.15, 0.2) is 0 Å². The summed E-state index contributed by atoms with van der Waals surface area (Å²) in [6.07, 6.45) is 7.45. The molecule has 1 unspecified atom stereocenters. The van der Waals surface area contributed by atoms with Gasteiger partial charge in [-0.15, -0.1) is 0 Å². The molecule has 0 aliphatic heterocycles. The number of hydrogen-bond acceptors (Lipinski definition) is 4. The maximum atomic E-state index is 9.51. The quantitative estimate of drug-likeness (QED) is 0.856. The Balaban J connectivity index is 2.13. The van der Waals surface area contributed by atoms with Gasteiger partial charge in [-0.2, -0.15) is 0 Å². The van der Waals surface area contributed by atoms with Gasteiger partial charge in [0.1, 0.15) is 5.82 Å². The van der Waals surface area contributed by atoms with Crippen molar-refractivity contribution in [2.24, 2.45) is 0 Å². The van der Waals surface area contributed by atoms with Crippen LogP contribution in [0.1, 0.15) is 50.7 Å². The van der Waals surface area contributed by atoms with Crippen LogP contribution in [-0.4, -0.2) is 34.4 Å². The second-order valence-electron chi connectivity index (χ2n) is 5.33. The van der Waals surface area contributed by atoms with Crippen molar-refractivity contribution in [1.29, 1.82) is 0 Å². The molecule has 1 aromatic rings. The Kier molecular flexibility index (Phi) is 5.16. The second kappa shape index (κ2) is 6.87. The topological polar surface area (TPSA) is 56.6 Å². The van der Waals surface area contributed by atoms with Gasteiger partial charge in [0.05, 0.1) is 12.7 Å². The molecule has 4 heteroatoms. The molecule has 1 saturated carbocycles. The third kappa shape index (κ3) is 3.67. The number of anilines is 1. The minimum Gasteiger partial charge on any atom is -0.395 e. The summed E-state index contributed by atoms with van der Waals surface area (Å²) in [6.45, 7) is 2.52. The van der Waals surface area contributed by atoms with Crippen LogP contribution < -0.4 is 4.90 Å². The van der Waals surface area contributed by atoms with Crippen molar-refractivity contribution >= 4 is 5.82 Å². The number of pyridine rings is 1. The van der Waals surface area contributed by atoms with E-state index in [1.54, 1.807) is 13.1 Å². The lowest BCUT2D eigenvalue weighted by molar-refractivity contribution is 0.199. The highest BCUT2D eigenvalue weighted by Crippen LogP contribution is 2.26. The molecular weight excluding hydrogens is 240 g/mol. The van der Waals surface area contributed by atoms with Crippen LogP contribution in [0.3, 0.4) is 0 Å². The van der Waals surface area contributed by atoms with Crippen LogP contribution in [-0.2, 0) is 0 Å². The predicted molar refractivity (Wildman–Crippen MR) is 76.2 cm³/mol. The third-order valence-electron chi connectivity index (χ3n) is 3.90. The molecule has 2 N–H and O–H groups in total. The molecule has 0 radical (unpaired) electrons. The number of nitrogens with zero attached hydrogens (tertiary/aromatic N) is 2. The Hall–Kier alpha value is -1.13. The van der Waals surface area contributed by atoms with Gasteiger partial charge in [0.2, 0.25) is 0 Å². The lowest BCUT2D eigenvalue weighted by Gasteiger charge is -2.35. The smallest absolute Gasteiger partial charge is 0.128 e. The molecule has 0 aromatic carbocycles. The summed E-state index contributed by atoms with van der Waals surface area (Å²) in [7, 11) is 0. The van der Waals surface area contributed by atoms with Crippen molar-refractivity contribution < 1.29 is 10.2 Å². The number of aliphatic hydroxyl groups excluding tert-OH is 2. The molecule has 0 saturated heterocycles. The zero-order valence-corrected chi connectivity index (χ0v) is 11.6.